The molecule has 15 heteroatoms. The van der Waals surface area contributed by atoms with Gasteiger partial charge in [0.2, 0.25) is 0 Å². The van der Waals surface area contributed by atoms with Crippen LogP contribution in [-0.4, -0.2) is 74.4 Å². The fraction of sp³-hybridized carbons (Fsp3) is 0.893. The molecule has 0 amide bonds. The predicted octanol–water partition coefficient (Wildman–Crippen LogP) is 7.74. The molecule has 256 valence electrons. The summed E-state index contributed by atoms with van der Waals surface area (Å²) in [4.78, 5) is 12.7. The van der Waals surface area contributed by atoms with Crippen LogP contribution in [0.5, 0.6) is 0 Å². The van der Waals surface area contributed by atoms with E-state index in [0.29, 0.717) is 20.8 Å². The Labute approximate surface area is 246 Å². The van der Waals surface area contributed by atoms with E-state index in [2.05, 4.69) is 6.58 Å². The van der Waals surface area contributed by atoms with E-state index < -0.39 is 70.6 Å². The van der Waals surface area contributed by atoms with Crippen molar-refractivity contribution in [2.24, 2.45) is 0 Å². The van der Waals surface area contributed by atoms with Crippen molar-refractivity contribution in [2.45, 2.75) is 160 Å². The van der Waals surface area contributed by atoms with Gasteiger partial charge < -0.3 is 24.4 Å². The lowest BCUT2D eigenvalue weighted by atomic mass is 9.77. The SMILES string of the molecule is C=C(C)C(=O)OC(CC(CC)(CC)OC(C)(C)C(O)(C(F)(F)F)C(F)(F)F)C(CC)(CC)OC(C)(C)C(C)(O)C(F)(F)F. The van der Waals surface area contributed by atoms with Crippen molar-refractivity contribution in [1.82, 2.24) is 0 Å². The van der Waals surface area contributed by atoms with Gasteiger partial charge in [-0.1, -0.05) is 34.3 Å². The molecular formula is C28H45F9O6. The Bertz CT molecular complexity index is 943. The van der Waals surface area contributed by atoms with Gasteiger partial charge in [-0.15, -0.1) is 0 Å². The van der Waals surface area contributed by atoms with Crippen LogP contribution in [0.25, 0.3) is 0 Å². The molecule has 2 atom stereocenters. The van der Waals surface area contributed by atoms with Gasteiger partial charge >= 0.3 is 24.5 Å². The van der Waals surface area contributed by atoms with Gasteiger partial charge in [0.05, 0.1) is 5.60 Å². The molecule has 0 aliphatic heterocycles. The maximum Gasteiger partial charge on any atom is 0.429 e. The monoisotopic (exact) mass is 648 g/mol. The average Bonchev–Trinajstić information content (AvgIpc) is 2.83. The van der Waals surface area contributed by atoms with Crippen LogP contribution in [0.4, 0.5) is 39.5 Å². The first-order valence-electron chi connectivity index (χ1n) is 13.8. The Morgan fingerprint density at radius 1 is 0.698 bits per heavy atom. The molecule has 2 unspecified atom stereocenters. The lowest BCUT2D eigenvalue weighted by Crippen LogP contribution is -2.71. The van der Waals surface area contributed by atoms with Gasteiger partial charge in [-0.2, -0.15) is 39.5 Å². The number of hydrogen-bond acceptors (Lipinski definition) is 6. The predicted molar refractivity (Wildman–Crippen MR) is 140 cm³/mol. The minimum atomic E-state index is -6.24. The molecule has 0 spiro atoms. The quantitative estimate of drug-likeness (QED) is 0.107. The number of aliphatic hydroxyl groups is 2. The first kappa shape index (κ1) is 41.4. The van der Waals surface area contributed by atoms with E-state index in [9.17, 15) is 54.5 Å². The maximum atomic E-state index is 13.8. The highest BCUT2D eigenvalue weighted by molar-refractivity contribution is 5.87. The number of ether oxygens (including phenoxy) is 3. The third-order valence-corrected chi connectivity index (χ3v) is 8.57. The molecule has 0 radical (unpaired) electrons. The van der Waals surface area contributed by atoms with E-state index in [1.54, 1.807) is 0 Å². The molecule has 0 aromatic heterocycles. The zero-order valence-corrected chi connectivity index (χ0v) is 26.2. The number of hydrogen-bond donors (Lipinski definition) is 2. The van der Waals surface area contributed by atoms with Crippen LogP contribution in [0.1, 0.15) is 101 Å². The molecular weight excluding hydrogens is 603 g/mol. The zero-order chi connectivity index (χ0) is 34.9. The van der Waals surface area contributed by atoms with Gasteiger partial charge in [0.25, 0.3) is 5.60 Å². The van der Waals surface area contributed by atoms with Crippen LogP contribution in [0.2, 0.25) is 0 Å². The Balaban J connectivity index is 7.31. The molecule has 0 aromatic carbocycles. The van der Waals surface area contributed by atoms with Gasteiger partial charge in [0, 0.05) is 12.0 Å². The summed E-state index contributed by atoms with van der Waals surface area (Å²) in [5.41, 5.74) is -18.6. The fourth-order valence-electron chi connectivity index (χ4n) is 4.95. The highest BCUT2D eigenvalue weighted by Crippen LogP contribution is 2.53. The molecule has 0 fully saturated rings. The van der Waals surface area contributed by atoms with Crippen molar-refractivity contribution in [3.05, 3.63) is 12.2 Å². The van der Waals surface area contributed by atoms with Crippen molar-refractivity contribution in [3.63, 3.8) is 0 Å². The van der Waals surface area contributed by atoms with Crippen molar-refractivity contribution in [1.29, 1.82) is 0 Å². The van der Waals surface area contributed by atoms with Gasteiger partial charge in [-0.05, 0) is 67.2 Å². The van der Waals surface area contributed by atoms with Gasteiger partial charge in [0.15, 0.2) is 5.60 Å². The number of rotatable bonds is 15. The Hall–Kier alpha value is -1.58. The summed E-state index contributed by atoms with van der Waals surface area (Å²) in [7, 11) is 0. The highest BCUT2D eigenvalue weighted by atomic mass is 19.4. The normalized spacial score (nSPS) is 17.0. The number of carbonyl (C=O) groups excluding carboxylic acids is 1. The Morgan fingerprint density at radius 3 is 1.37 bits per heavy atom. The van der Waals surface area contributed by atoms with Gasteiger partial charge in [-0.25, -0.2) is 4.79 Å². The number of alkyl halides is 9. The van der Waals surface area contributed by atoms with E-state index in [1.165, 1.54) is 34.6 Å². The molecule has 0 heterocycles. The summed E-state index contributed by atoms with van der Waals surface area (Å²) < 4.78 is 142. The van der Waals surface area contributed by atoms with E-state index in [4.69, 9.17) is 14.2 Å². The van der Waals surface area contributed by atoms with Crippen molar-refractivity contribution in [2.75, 3.05) is 0 Å². The van der Waals surface area contributed by atoms with Crippen LogP contribution in [0, 0.1) is 0 Å². The summed E-state index contributed by atoms with van der Waals surface area (Å²) in [5, 5.41) is 20.6. The van der Waals surface area contributed by atoms with E-state index in [1.807, 2.05) is 0 Å². The molecule has 0 saturated carbocycles. The average molecular weight is 649 g/mol. The third-order valence-electron chi connectivity index (χ3n) is 8.57. The summed E-state index contributed by atoms with van der Waals surface area (Å²) >= 11 is 0. The number of esters is 1. The summed E-state index contributed by atoms with van der Waals surface area (Å²) in [6.07, 6.45) is -20.9. The molecule has 0 rings (SSSR count). The van der Waals surface area contributed by atoms with E-state index in [-0.39, 0.29) is 31.3 Å². The summed E-state index contributed by atoms with van der Waals surface area (Å²) in [6, 6.07) is 0. The van der Waals surface area contributed by atoms with Gasteiger partial charge in [-0.3, -0.25) is 0 Å². The first-order valence-corrected chi connectivity index (χ1v) is 13.8. The number of halogens is 9. The molecule has 0 aliphatic rings. The second kappa shape index (κ2) is 13.0. The van der Waals surface area contributed by atoms with Crippen molar-refractivity contribution in [3.8, 4) is 0 Å². The standard InChI is InChI=1S/C28H45F9O6/c1-12-23(13-2,42-21(9,10)25(40,27(32,33)34)28(35,36)37)16-18(41-19(38)17(5)6)24(14-3,15-4)43-20(7,8)22(11,39)26(29,30)31/h18,39-40H,5,12-16H2,1-4,6-11H3. The molecule has 6 nitrogen and oxygen atoms in total. The Morgan fingerprint density at radius 2 is 1.09 bits per heavy atom. The molecule has 43 heavy (non-hydrogen) atoms. The van der Waals surface area contributed by atoms with E-state index >= 15 is 0 Å². The second-order valence-electron chi connectivity index (χ2n) is 12.0. The molecule has 2 N–H and O–H groups in total. The van der Waals surface area contributed by atoms with Crippen LogP contribution in [-0.2, 0) is 19.0 Å². The zero-order valence-electron chi connectivity index (χ0n) is 26.2. The maximum absolute atomic E-state index is 13.8. The highest BCUT2D eigenvalue weighted by Gasteiger charge is 2.78. The molecule has 0 saturated heterocycles. The minimum Gasteiger partial charge on any atom is -0.456 e. The lowest BCUT2D eigenvalue weighted by Gasteiger charge is -2.52. The van der Waals surface area contributed by atoms with Crippen LogP contribution in [0.15, 0.2) is 12.2 Å². The van der Waals surface area contributed by atoms with Crippen LogP contribution >= 0.6 is 0 Å². The summed E-state index contributed by atoms with van der Waals surface area (Å²) in [5.74, 6) is -1.07. The van der Waals surface area contributed by atoms with Crippen LogP contribution < -0.4 is 0 Å². The molecule has 0 bridgehead atoms. The lowest BCUT2D eigenvalue weighted by molar-refractivity contribution is -0.422. The van der Waals surface area contributed by atoms with Crippen molar-refractivity contribution >= 4 is 5.97 Å². The second-order valence-corrected chi connectivity index (χ2v) is 12.0. The fourth-order valence-corrected chi connectivity index (χ4v) is 4.95. The summed E-state index contributed by atoms with van der Waals surface area (Å²) in [6.45, 7) is 13.5. The first-order chi connectivity index (χ1) is 18.8. The third kappa shape index (κ3) is 7.99. The smallest absolute Gasteiger partial charge is 0.429 e. The van der Waals surface area contributed by atoms with E-state index in [0.717, 1.165) is 13.8 Å². The molecule has 0 aromatic rings. The largest absolute Gasteiger partial charge is 0.456 e. The van der Waals surface area contributed by atoms with Gasteiger partial charge in [0.1, 0.15) is 22.9 Å². The Kier molecular flexibility index (Phi) is 12.6. The number of carbonyl (C=O) groups is 1. The topological polar surface area (TPSA) is 85.2 Å². The molecule has 0 aliphatic carbocycles. The van der Waals surface area contributed by atoms with Crippen LogP contribution in [0.3, 0.4) is 0 Å². The van der Waals surface area contributed by atoms with Crippen molar-refractivity contribution < 1.29 is 68.7 Å². The minimum absolute atomic E-state index is 0.170.